The van der Waals surface area contributed by atoms with Crippen molar-refractivity contribution in [3.8, 4) is 17.6 Å². The first kappa shape index (κ1) is 21.5. The number of amides is 1. The van der Waals surface area contributed by atoms with Crippen molar-refractivity contribution in [2.45, 2.75) is 18.7 Å². The maximum atomic E-state index is 12.7. The van der Waals surface area contributed by atoms with Crippen molar-refractivity contribution in [1.82, 2.24) is 4.90 Å². The Labute approximate surface area is 176 Å². The average Bonchev–Trinajstić information content (AvgIpc) is 2.76. The van der Waals surface area contributed by atoms with Crippen LogP contribution >= 0.6 is 0 Å². The van der Waals surface area contributed by atoms with Gasteiger partial charge in [-0.15, -0.1) is 0 Å². The Morgan fingerprint density at radius 3 is 2.47 bits per heavy atom. The van der Waals surface area contributed by atoms with Crippen molar-refractivity contribution in [2.24, 2.45) is 5.92 Å². The number of hydrogen-bond acceptors (Lipinski definition) is 6. The van der Waals surface area contributed by atoms with Crippen LogP contribution < -0.4 is 14.2 Å². The lowest BCUT2D eigenvalue weighted by atomic mass is 10.1. The zero-order valence-electron chi connectivity index (χ0n) is 16.8. The lowest BCUT2D eigenvalue weighted by molar-refractivity contribution is 0.0752. The number of anilines is 1. The molecule has 1 atom stereocenters. The van der Waals surface area contributed by atoms with Crippen LogP contribution in [0.2, 0.25) is 0 Å². The molecule has 3 rings (SSSR count). The van der Waals surface area contributed by atoms with E-state index in [1.165, 1.54) is 24.3 Å². The molecule has 0 fully saturated rings. The Bertz CT molecular complexity index is 1060. The quantitative estimate of drug-likeness (QED) is 0.725. The van der Waals surface area contributed by atoms with E-state index in [0.717, 1.165) is 0 Å². The van der Waals surface area contributed by atoms with Crippen molar-refractivity contribution >= 4 is 21.6 Å². The number of nitriles is 1. The number of carbonyl (C=O) groups excluding carboxylic acids is 1. The fourth-order valence-corrected chi connectivity index (χ4v) is 4.07. The summed E-state index contributed by atoms with van der Waals surface area (Å²) >= 11 is 0. The second kappa shape index (κ2) is 9.05. The van der Waals surface area contributed by atoms with E-state index in [0.29, 0.717) is 49.1 Å². The number of nitrogens with one attached hydrogen (secondary N) is 1. The van der Waals surface area contributed by atoms with Crippen LogP contribution in [0.15, 0.2) is 47.4 Å². The number of sulfonamides is 1. The third-order valence-corrected chi connectivity index (χ3v) is 5.97. The van der Waals surface area contributed by atoms with E-state index in [9.17, 15) is 13.2 Å². The van der Waals surface area contributed by atoms with Gasteiger partial charge in [0.05, 0.1) is 16.9 Å². The van der Waals surface area contributed by atoms with E-state index >= 15 is 0 Å². The number of ether oxygens (including phenoxy) is 2. The van der Waals surface area contributed by atoms with Crippen molar-refractivity contribution in [3.63, 3.8) is 0 Å². The summed E-state index contributed by atoms with van der Waals surface area (Å²) in [6.07, 6.45) is 0. The molecular weight excluding hydrogens is 406 g/mol. The highest BCUT2D eigenvalue weighted by atomic mass is 32.2. The van der Waals surface area contributed by atoms with Gasteiger partial charge in [-0.3, -0.25) is 9.52 Å². The highest BCUT2D eigenvalue weighted by Crippen LogP contribution is 2.32. The van der Waals surface area contributed by atoms with Gasteiger partial charge in [0, 0.05) is 30.4 Å². The molecule has 1 amide bonds. The van der Waals surface area contributed by atoms with E-state index in [-0.39, 0.29) is 16.7 Å². The molecule has 1 aliphatic rings. The first-order valence-electron chi connectivity index (χ1n) is 9.55. The van der Waals surface area contributed by atoms with Gasteiger partial charge in [-0.2, -0.15) is 5.26 Å². The van der Waals surface area contributed by atoms with E-state index in [1.807, 2.05) is 6.92 Å². The minimum absolute atomic E-state index is 0.0505. The zero-order chi connectivity index (χ0) is 21.7. The molecule has 8 nitrogen and oxygen atoms in total. The van der Waals surface area contributed by atoms with Gasteiger partial charge in [0.1, 0.15) is 13.2 Å². The van der Waals surface area contributed by atoms with Crippen LogP contribution in [-0.2, 0) is 10.0 Å². The van der Waals surface area contributed by atoms with E-state index in [2.05, 4.69) is 10.8 Å². The molecule has 0 radical (unpaired) electrons. The molecule has 1 heterocycles. The standard InChI is InChI=1S/C21H23N3O5S/c1-3-24(14-15(2)13-22)21(25)16-4-6-17(7-5-16)23-30(26,27)18-8-9-19-20(12-18)29-11-10-28-19/h4-9,12,15,23H,3,10-11,14H2,1-2H3. The van der Waals surface area contributed by atoms with Gasteiger partial charge in [-0.25, -0.2) is 8.42 Å². The fourth-order valence-electron chi connectivity index (χ4n) is 3.00. The monoisotopic (exact) mass is 429 g/mol. The molecule has 2 aromatic carbocycles. The summed E-state index contributed by atoms with van der Waals surface area (Å²) in [7, 11) is -3.84. The third kappa shape index (κ3) is 4.83. The second-order valence-corrected chi connectivity index (χ2v) is 8.54. The van der Waals surface area contributed by atoms with Gasteiger partial charge in [-0.1, -0.05) is 0 Å². The number of fused-ring (bicyclic) bond motifs is 1. The Morgan fingerprint density at radius 2 is 1.83 bits per heavy atom. The molecule has 1 unspecified atom stereocenters. The second-order valence-electron chi connectivity index (χ2n) is 6.86. The van der Waals surface area contributed by atoms with E-state index < -0.39 is 10.0 Å². The molecule has 0 aliphatic carbocycles. The highest BCUT2D eigenvalue weighted by Gasteiger charge is 2.20. The van der Waals surface area contributed by atoms with Gasteiger partial charge >= 0.3 is 0 Å². The van der Waals surface area contributed by atoms with Gasteiger partial charge in [-0.05, 0) is 50.2 Å². The van der Waals surface area contributed by atoms with Crippen molar-refractivity contribution in [1.29, 1.82) is 5.26 Å². The van der Waals surface area contributed by atoms with Crippen molar-refractivity contribution in [3.05, 3.63) is 48.0 Å². The zero-order valence-corrected chi connectivity index (χ0v) is 17.6. The van der Waals surface area contributed by atoms with Crippen LogP contribution in [0.4, 0.5) is 5.69 Å². The molecule has 1 N–H and O–H groups in total. The van der Waals surface area contributed by atoms with Gasteiger partial charge in [0.25, 0.3) is 15.9 Å². The topological polar surface area (TPSA) is 109 Å². The Hall–Kier alpha value is -3.25. The molecule has 30 heavy (non-hydrogen) atoms. The predicted octanol–water partition coefficient (Wildman–Crippen LogP) is 2.88. The molecule has 0 bridgehead atoms. The largest absolute Gasteiger partial charge is 0.486 e. The molecule has 0 saturated carbocycles. The highest BCUT2D eigenvalue weighted by molar-refractivity contribution is 7.92. The molecule has 1 aliphatic heterocycles. The van der Waals surface area contributed by atoms with E-state index in [4.69, 9.17) is 14.7 Å². The molecule has 9 heteroatoms. The first-order valence-corrected chi connectivity index (χ1v) is 11.0. The minimum atomic E-state index is -3.84. The molecule has 0 spiro atoms. The Balaban J connectivity index is 1.73. The van der Waals surface area contributed by atoms with Crippen LogP contribution in [-0.4, -0.2) is 45.5 Å². The SMILES string of the molecule is CCN(CC(C)C#N)C(=O)c1ccc(NS(=O)(=O)c2ccc3c(c2)OCCO3)cc1. The van der Waals surface area contributed by atoms with Crippen LogP contribution in [0.3, 0.4) is 0 Å². The van der Waals surface area contributed by atoms with Crippen LogP contribution in [0.1, 0.15) is 24.2 Å². The number of nitrogens with zero attached hydrogens (tertiary/aromatic N) is 2. The summed E-state index contributed by atoms with van der Waals surface area (Å²) < 4.78 is 38.8. The maximum absolute atomic E-state index is 12.7. The summed E-state index contributed by atoms with van der Waals surface area (Å²) in [5.74, 6) is 0.414. The van der Waals surface area contributed by atoms with Crippen molar-refractivity contribution in [2.75, 3.05) is 31.0 Å². The van der Waals surface area contributed by atoms with Gasteiger partial charge in [0.15, 0.2) is 11.5 Å². The number of hydrogen-bond donors (Lipinski definition) is 1. The van der Waals surface area contributed by atoms with Crippen LogP contribution in [0.25, 0.3) is 0 Å². The molecule has 2 aromatic rings. The van der Waals surface area contributed by atoms with Crippen LogP contribution in [0.5, 0.6) is 11.5 Å². The Kier molecular flexibility index (Phi) is 6.47. The molecular formula is C21H23N3O5S. The number of rotatable bonds is 7. The van der Waals surface area contributed by atoms with E-state index in [1.54, 1.807) is 30.0 Å². The molecule has 0 aromatic heterocycles. The number of carbonyl (C=O) groups is 1. The smallest absolute Gasteiger partial charge is 0.262 e. The Morgan fingerprint density at radius 1 is 1.17 bits per heavy atom. The minimum Gasteiger partial charge on any atom is -0.486 e. The summed E-state index contributed by atoms with van der Waals surface area (Å²) in [6.45, 7) is 5.20. The lowest BCUT2D eigenvalue weighted by Gasteiger charge is -2.22. The van der Waals surface area contributed by atoms with Crippen LogP contribution in [0, 0.1) is 17.2 Å². The fraction of sp³-hybridized carbons (Fsp3) is 0.333. The van der Waals surface area contributed by atoms with Gasteiger partial charge < -0.3 is 14.4 Å². The molecule has 158 valence electrons. The average molecular weight is 429 g/mol. The lowest BCUT2D eigenvalue weighted by Crippen LogP contribution is -2.34. The first-order chi connectivity index (χ1) is 14.3. The molecule has 0 saturated heterocycles. The maximum Gasteiger partial charge on any atom is 0.262 e. The van der Waals surface area contributed by atoms with Gasteiger partial charge in [0.2, 0.25) is 0 Å². The van der Waals surface area contributed by atoms with Crippen molar-refractivity contribution < 1.29 is 22.7 Å². The third-order valence-electron chi connectivity index (χ3n) is 4.59. The number of benzene rings is 2. The summed E-state index contributed by atoms with van der Waals surface area (Å²) in [4.78, 5) is 14.3. The summed E-state index contributed by atoms with van der Waals surface area (Å²) in [5, 5.41) is 8.97. The predicted molar refractivity (Wildman–Crippen MR) is 111 cm³/mol. The normalized spacial score (nSPS) is 13.8. The summed E-state index contributed by atoms with van der Waals surface area (Å²) in [5.41, 5.74) is 0.749. The summed E-state index contributed by atoms with van der Waals surface area (Å²) in [6, 6.07) is 12.7.